The molecule has 5 rings (SSSR count). The number of ether oxygens (including phenoxy) is 5. The van der Waals surface area contributed by atoms with Crippen LogP contribution in [0.2, 0.25) is 0 Å². The van der Waals surface area contributed by atoms with Gasteiger partial charge in [-0.2, -0.15) is 0 Å². The molecule has 2 aromatic rings. The predicted molar refractivity (Wildman–Crippen MR) is 189 cm³/mol. The van der Waals surface area contributed by atoms with Gasteiger partial charge in [0.25, 0.3) is 0 Å². The molecule has 2 saturated carbocycles. The maximum absolute atomic E-state index is 12.3. The molecule has 10 radical (unpaired) electrons. The van der Waals surface area contributed by atoms with Crippen molar-refractivity contribution in [3.63, 3.8) is 0 Å². The first-order chi connectivity index (χ1) is 23.5. The Hall–Kier alpha value is -2.42. The van der Waals surface area contributed by atoms with E-state index in [1.807, 2.05) is 81.8 Å². The van der Waals surface area contributed by atoms with Crippen molar-refractivity contribution in [3.05, 3.63) is 124 Å². The maximum Gasteiger partial charge on any atom is 2.00 e. The molecular weight excluding hydrogens is 719 g/mol. The molecule has 12 heteroatoms. The molecule has 264 valence electrons. The molecule has 0 unspecified atom stereocenters. The maximum atomic E-state index is 12.3. The Bertz CT molecular complexity index is 1320. The Morgan fingerprint density at radius 3 is 1.64 bits per heavy atom. The third-order valence-electron chi connectivity index (χ3n) is 7.38. The fourth-order valence-corrected chi connectivity index (χ4v) is 9.42. The molecule has 0 N–H and O–H groups in total. The molecule has 1 aliphatic heterocycles. The minimum Gasteiger partial charge on any atom is -0.463 e. The van der Waals surface area contributed by atoms with Crippen molar-refractivity contribution in [2.45, 2.75) is 69.7 Å². The number of hydrogen-bond donors (Lipinski definition) is 0. The van der Waals surface area contributed by atoms with Gasteiger partial charge in [-0.25, -0.2) is 0 Å². The summed E-state index contributed by atoms with van der Waals surface area (Å²) in [4.78, 5) is 48.3. The summed E-state index contributed by atoms with van der Waals surface area (Å²) in [6.45, 7) is 6.66. The normalized spacial score (nSPS) is 24.2. The van der Waals surface area contributed by atoms with Crippen molar-refractivity contribution < 1.29 is 59.9 Å². The van der Waals surface area contributed by atoms with E-state index in [4.69, 9.17) is 23.7 Å². The zero-order valence-corrected chi connectivity index (χ0v) is 31.3. The van der Waals surface area contributed by atoms with E-state index in [9.17, 15) is 19.2 Å². The summed E-state index contributed by atoms with van der Waals surface area (Å²) in [5, 5.41) is 2.22. The summed E-state index contributed by atoms with van der Waals surface area (Å²) in [6, 6.07) is 20.7. The second kappa shape index (κ2) is 21.2. The van der Waals surface area contributed by atoms with E-state index in [1.54, 1.807) is 0 Å². The van der Waals surface area contributed by atoms with Gasteiger partial charge < -0.3 is 23.7 Å². The van der Waals surface area contributed by atoms with Crippen molar-refractivity contribution in [1.29, 1.82) is 0 Å². The summed E-state index contributed by atoms with van der Waals surface area (Å²) >= 11 is 1.38. The predicted octanol–water partition coefficient (Wildman–Crippen LogP) is 5.08. The smallest absolute Gasteiger partial charge is 0.463 e. The van der Waals surface area contributed by atoms with Gasteiger partial charge in [-0.1, -0.05) is 67.6 Å². The molecule has 2 aromatic carbocycles. The topological polar surface area (TPSA) is 114 Å². The number of benzene rings is 2. The minimum absolute atomic E-state index is 0. The summed E-state index contributed by atoms with van der Waals surface area (Å²) in [7, 11) is -0.894. The summed E-state index contributed by atoms with van der Waals surface area (Å²) < 4.78 is 28.4. The van der Waals surface area contributed by atoms with Crippen LogP contribution in [0.3, 0.4) is 0 Å². The molecular formula is C38H41FeO9PS+2. The molecule has 0 aromatic heterocycles. The van der Waals surface area contributed by atoms with Gasteiger partial charge in [-0.05, 0) is 69.9 Å². The molecule has 1 heterocycles. The number of thioether (sulfide) groups is 1. The van der Waals surface area contributed by atoms with Gasteiger partial charge >= 0.3 is 40.9 Å². The number of esters is 4. The summed E-state index contributed by atoms with van der Waals surface area (Å²) in [6.07, 6.45) is 11.7. The van der Waals surface area contributed by atoms with Gasteiger partial charge in [-0.3, -0.25) is 19.2 Å². The van der Waals surface area contributed by atoms with E-state index in [1.165, 1.54) is 55.7 Å². The van der Waals surface area contributed by atoms with E-state index in [0.29, 0.717) is 0 Å². The standard InChI is InChI=1S/C33H36O9PS.C5H5.Fe/c1-20(27-17-12-18-29(27)43(25-13-8-6-9-14-25)26-15-10-7-11-16-26)44-33-32(41-24(5)37)31(40-23(4)36)30(39-22(3)35)28(42-33)19-38-21(2)34;1-2-4-5-3-1;/h6-18,20,28,30-33H,19H2,1-5H3;1-5H;/q;;+2/t20-,28-,30-,31+,32-,33+;;/m1../s1. The first-order valence-electron chi connectivity index (χ1n) is 15.8. The first kappa shape index (κ1) is 42.0. The number of carbonyl (C=O) groups is 4. The SMILES string of the molecule is CC(=O)OC[C@H]1O[C@@H](S[C@H](C)[C]2[CH][CH][CH][C]2P(c2ccccc2)c2ccccc2)[C@H](OC(C)=O)[C@@H](OC(C)=O)[C@@H]1OC(C)=O.[CH]1[CH][CH][CH][CH]1.[Fe+2]. The molecule has 2 aliphatic carbocycles. The molecule has 0 bridgehead atoms. The van der Waals surface area contributed by atoms with E-state index in [-0.39, 0.29) is 28.9 Å². The van der Waals surface area contributed by atoms with Gasteiger partial charge in [0.05, 0.1) is 0 Å². The number of carbonyl (C=O) groups excluding carboxylic acids is 4. The molecule has 0 spiro atoms. The summed E-state index contributed by atoms with van der Waals surface area (Å²) in [5.41, 5.74) is 0.302. The zero-order valence-electron chi connectivity index (χ0n) is 28.4. The van der Waals surface area contributed by atoms with E-state index in [0.717, 1.165) is 5.92 Å². The zero-order chi connectivity index (χ0) is 35.3. The van der Waals surface area contributed by atoms with Crippen LogP contribution >= 0.6 is 19.7 Å². The van der Waals surface area contributed by atoms with Crippen LogP contribution in [-0.2, 0) is 59.9 Å². The Morgan fingerprint density at radius 1 is 0.680 bits per heavy atom. The van der Waals surface area contributed by atoms with Gasteiger partial charge in [0.2, 0.25) is 0 Å². The number of rotatable bonds is 11. The van der Waals surface area contributed by atoms with Crippen LogP contribution in [0.4, 0.5) is 0 Å². The molecule has 3 aliphatic rings. The fourth-order valence-electron chi connectivity index (χ4n) is 5.45. The van der Waals surface area contributed by atoms with Gasteiger partial charge in [0, 0.05) is 44.5 Å². The molecule has 0 amide bonds. The third kappa shape index (κ3) is 12.4. The third-order valence-corrected chi connectivity index (χ3v) is 11.2. The van der Waals surface area contributed by atoms with Crippen LogP contribution in [-0.4, -0.2) is 65.6 Å². The van der Waals surface area contributed by atoms with Crippen LogP contribution in [0.15, 0.2) is 60.7 Å². The molecule has 6 atom stereocenters. The van der Waals surface area contributed by atoms with Crippen LogP contribution < -0.4 is 10.6 Å². The van der Waals surface area contributed by atoms with Gasteiger partial charge in [0.15, 0.2) is 18.3 Å². The van der Waals surface area contributed by atoms with Gasteiger partial charge in [0.1, 0.15) is 18.1 Å². The van der Waals surface area contributed by atoms with E-state index >= 15 is 0 Å². The average Bonchev–Trinajstić information content (AvgIpc) is 3.80. The Kier molecular flexibility index (Phi) is 17.8. The fraction of sp³-hybridized carbons (Fsp3) is 0.316. The minimum atomic E-state index is -1.20. The van der Waals surface area contributed by atoms with Crippen LogP contribution in [0.25, 0.3) is 0 Å². The number of hydrogen-bond acceptors (Lipinski definition) is 10. The van der Waals surface area contributed by atoms with Gasteiger partial charge in [-0.15, -0.1) is 11.8 Å². The second-order valence-corrected chi connectivity index (χ2v) is 14.8. The van der Waals surface area contributed by atoms with Crippen molar-refractivity contribution >= 4 is 54.2 Å². The van der Waals surface area contributed by atoms with Crippen molar-refractivity contribution in [3.8, 4) is 0 Å². The Morgan fingerprint density at radius 2 is 1.16 bits per heavy atom. The Balaban J connectivity index is 0.00000103. The van der Waals surface area contributed by atoms with Crippen molar-refractivity contribution in [2.75, 3.05) is 6.61 Å². The second-order valence-electron chi connectivity index (χ2n) is 11.2. The molecule has 50 heavy (non-hydrogen) atoms. The monoisotopic (exact) mass is 760 g/mol. The molecule has 9 nitrogen and oxygen atoms in total. The Labute approximate surface area is 312 Å². The largest absolute Gasteiger partial charge is 2.00 e. The molecule has 3 fully saturated rings. The first-order valence-corrected chi connectivity index (χ1v) is 18.1. The quantitative estimate of drug-likeness (QED) is 0.133. The van der Waals surface area contributed by atoms with Crippen LogP contribution in [0.1, 0.15) is 34.6 Å². The van der Waals surface area contributed by atoms with E-state index in [2.05, 4.69) is 37.1 Å². The van der Waals surface area contributed by atoms with Crippen molar-refractivity contribution in [1.82, 2.24) is 0 Å². The van der Waals surface area contributed by atoms with Crippen molar-refractivity contribution in [2.24, 2.45) is 0 Å². The van der Waals surface area contributed by atoms with Crippen LogP contribution in [0.5, 0.6) is 0 Å². The summed E-state index contributed by atoms with van der Waals surface area (Å²) in [5.74, 6) is -1.44. The van der Waals surface area contributed by atoms with E-state index < -0.39 is 61.7 Å². The molecule has 1 saturated heterocycles. The average molecular weight is 761 g/mol. The van der Waals surface area contributed by atoms with Crippen LogP contribution in [0, 0.1) is 62.9 Å².